The number of piperidine rings is 1. The van der Waals surface area contributed by atoms with E-state index in [4.69, 9.17) is 23.3 Å². The van der Waals surface area contributed by atoms with Gasteiger partial charge in [-0.3, -0.25) is 9.69 Å². The van der Waals surface area contributed by atoms with Crippen LogP contribution in [0.25, 0.3) is 22.4 Å². The van der Waals surface area contributed by atoms with Crippen molar-refractivity contribution in [2.45, 2.75) is 18.9 Å². The van der Waals surface area contributed by atoms with Crippen LogP contribution >= 0.6 is 11.6 Å². The molecule has 0 bridgehead atoms. The van der Waals surface area contributed by atoms with Gasteiger partial charge in [0.2, 0.25) is 0 Å². The van der Waals surface area contributed by atoms with Gasteiger partial charge in [0.1, 0.15) is 0 Å². The second-order valence-electron chi connectivity index (χ2n) is 6.25. The first-order chi connectivity index (χ1) is 12.5. The largest absolute Gasteiger partial charge is 0.338 e. The average molecular weight is 377 g/mol. The topological polar surface area (TPSA) is 111 Å². The lowest BCUT2D eigenvalue weighted by molar-refractivity contribution is 0.428. The molecule has 1 saturated heterocycles. The van der Waals surface area contributed by atoms with Crippen molar-refractivity contribution in [2.75, 3.05) is 23.9 Å². The number of halogens is 2. The first-order valence-corrected chi connectivity index (χ1v) is 8.61. The Balaban J connectivity index is 1.78. The summed E-state index contributed by atoms with van der Waals surface area (Å²) in [5, 5.41) is 5.77. The Kier molecular flexibility index (Phi) is 4.35. The number of hydrogen-bond donors (Lipinski definition) is 3. The highest BCUT2D eigenvalue weighted by atomic mass is 35.5. The molecule has 0 saturated carbocycles. The number of aromatic nitrogens is 4. The predicted octanol–water partition coefficient (Wildman–Crippen LogP) is 1.43. The zero-order valence-electron chi connectivity index (χ0n) is 13.9. The molecule has 4 rings (SSSR count). The van der Waals surface area contributed by atoms with Crippen LogP contribution in [0.15, 0.2) is 24.7 Å². The van der Waals surface area contributed by atoms with Crippen LogP contribution < -0.4 is 22.0 Å². The summed E-state index contributed by atoms with van der Waals surface area (Å²) in [6, 6.07) is 1.69. The van der Waals surface area contributed by atoms with Crippen molar-refractivity contribution in [3.8, 4) is 11.4 Å². The molecule has 5 N–H and O–H groups in total. The Labute approximate surface area is 153 Å². The number of rotatable bonds is 3. The lowest BCUT2D eigenvalue weighted by Crippen LogP contribution is -2.50. The summed E-state index contributed by atoms with van der Waals surface area (Å²) in [6.07, 6.45) is 6.10. The summed E-state index contributed by atoms with van der Waals surface area (Å²) in [5.41, 5.74) is 1.13. The maximum absolute atomic E-state index is 14.3. The van der Waals surface area contributed by atoms with E-state index >= 15 is 0 Å². The summed E-state index contributed by atoms with van der Waals surface area (Å²) >= 11 is 6.05. The number of nitrogens with zero attached hydrogens (tertiary/aromatic N) is 5. The van der Waals surface area contributed by atoms with E-state index < -0.39 is 5.82 Å². The lowest BCUT2D eigenvalue weighted by atomic mass is 10.1. The number of hydrogen-bond acceptors (Lipinski definition) is 7. The van der Waals surface area contributed by atoms with E-state index in [1.807, 2.05) is 0 Å². The second-order valence-corrected chi connectivity index (χ2v) is 6.68. The number of anilines is 1. The van der Waals surface area contributed by atoms with Crippen molar-refractivity contribution in [3.05, 3.63) is 35.5 Å². The number of hydrazine groups is 1. The summed E-state index contributed by atoms with van der Waals surface area (Å²) < 4.78 is 15.7. The molecular weight excluding hydrogens is 359 g/mol. The molecule has 1 atom stereocenters. The van der Waals surface area contributed by atoms with Gasteiger partial charge in [-0.2, -0.15) is 0 Å². The smallest absolute Gasteiger partial charge is 0.185 e. The predicted molar refractivity (Wildman–Crippen MR) is 98.4 cm³/mol. The van der Waals surface area contributed by atoms with Crippen molar-refractivity contribution in [1.29, 1.82) is 0 Å². The molecule has 1 fully saturated rings. The highest BCUT2D eigenvalue weighted by Gasteiger charge is 2.24. The Morgan fingerprint density at radius 2 is 2.19 bits per heavy atom. The Morgan fingerprint density at radius 1 is 1.35 bits per heavy atom. The molecule has 136 valence electrons. The molecule has 3 aromatic heterocycles. The fourth-order valence-electron chi connectivity index (χ4n) is 3.20. The van der Waals surface area contributed by atoms with Crippen LogP contribution in [-0.2, 0) is 0 Å². The van der Waals surface area contributed by atoms with Crippen LogP contribution in [-0.4, -0.2) is 38.8 Å². The molecule has 0 amide bonds. The van der Waals surface area contributed by atoms with Gasteiger partial charge in [-0.05, 0) is 25.5 Å². The quantitative estimate of drug-likeness (QED) is 0.468. The molecule has 1 aliphatic rings. The minimum Gasteiger partial charge on any atom is -0.338 e. The fraction of sp³-hybridized carbons (Fsp3) is 0.312. The van der Waals surface area contributed by atoms with Crippen molar-refractivity contribution < 1.29 is 4.39 Å². The fourth-order valence-corrected chi connectivity index (χ4v) is 3.35. The Hall–Kier alpha value is -2.49. The first kappa shape index (κ1) is 17.0. The number of nitrogens with one attached hydrogen (secondary N) is 1. The van der Waals surface area contributed by atoms with Gasteiger partial charge in [-0.25, -0.2) is 25.2 Å². The molecule has 26 heavy (non-hydrogen) atoms. The highest BCUT2D eigenvalue weighted by Crippen LogP contribution is 2.30. The van der Waals surface area contributed by atoms with Gasteiger partial charge in [0, 0.05) is 29.9 Å². The number of nitrogens with two attached hydrogens (primary N) is 2. The molecule has 8 nitrogen and oxygen atoms in total. The molecule has 1 aliphatic heterocycles. The van der Waals surface area contributed by atoms with Crippen LogP contribution in [0.4, 0.5) is 10.2 Å². The van der Waals surface area contributed by atoms with E-state index in [9.17, 15) is 4.39 Å². The lowest BCUT2D eigenvalue weighted by Gasteiger charge is -2.31. The maximum atomic E-state index is 14.3. The van der Waals surface area contributed by atoms with E-state index in [-0.39, 0.29) is 11.9 Å². The summed E-state index contributed by atoms with van der Waals surface area (Å²) in [6.45, 7) is 1.61. The Morgan fingerprint density at radius 3 is 2.96 bits per heavy atom. The average Bonchev–Trinajstić information content (AvgIpc) is 2.98. The zero-order chi connectivity index (χ0) is 18.3. The van der Waals surface area contributed by atoms with Gasteiger partial charge >= 0.3 is 0 Å². The summed E-state index contributed by atoms with van der Waals surface area (Å²) in [4.78, 5) is 12.7. The third-order valence-electron chi connectivity index (χ3n) is 4.51. The molecule has 3 aromatic rings. The minimum absolute atomic E-state index is 0.0343. The van der Waals surface area contributed by atoms with Crippen molar-refractivity contribution in [3.63, 3.8) is 0 Å². The number of pyridine rings is 1. The monoisotopic (exact) mass is 376 g/mol. The van der Waals surface area contributed by atoms with Crippen molar-refractivity contribution in [1.82, 2.24) is 24.9 Å². The van der Waals surface area contributed by atoms with E-state index in [0.717, 1.165) is 25.6 Å². The molecule has 0 aliphatic carbocycles. The van der Waals surface area contributed by atoms with Gasteiger partial charge in [0.15, 0.2) is 23.1 Å². The number of fused-ring (bicyclic) bond motifs is 1. The van der Waals surface area contributed by atoms with E-state index in [2.05, 4.69) is 20.3 Å². The zero-order valence-corrected chi connectivity index (χ0v) is 14.6. The molecule has 4 heterocycles. The van der Waals surface area contributed by atoms with Gasteiger partial charge in [0.25, 0.3) is 0 Å². The van der Waals surface area contributed by atoms with Crippen molar-refractivity contribution in [2.24, 2.45) is 5.84 Å². The third-order valence-corrected chi connectivity index (χ3v) is 4.72. The van der Waals surface area contributed by atoms with Gasteiger partial charge < -0.3 is 11.2 Å². The third kappa shape index (κ3) is 2.94. The van der Waals surface area contributed by atoms with Crippen molar-refractivity contribution >= 4 is 28.5 Å². The second kappa shape index (κ2) is 6.67. The van der Waals surface area contributed by atoms with Gasteiger partial charge in [-0.15, -0.1) is 0 Å². The molecular formula is C16H18ClFN8. The molecule has 10 heteroatoms. The van der Waals surface area contributed by atoms with E-state index in [1.54, 1.807) is 12.3 Å². The van der Waals surface area contributed by atoms with E-state index in [0.29, 0.717) is 34.0 Å². The summed E-state index contributed by atoms with van der Waals surface area (Å²) in [5.74, 6) is 11.9. The molecule has 0 spiro atoms. The van der Waals surface area contributed by atoms with Gasteiger partial charge in [-0.1, -0.05) is 11.6 Å². The maximum Gasteiger partial charge on any atom is 0.185 e. The molecule has 1 unspecified atom stereocenters. The standard InChI is InChI=1S/C16H18ClFN8/c17-9-4-11-12(8-25(19)15(11)23-5-9)14-22-7-13(18)16(24-14)26(20)10-2-1-3-21-6-10/h4-5,7-8,10,21H,1-3,6,19-20H2. The number of nitrogen functional groups attached to an aromatic ring is 1. The first-order valence-electron chi connectivity index (χ1n) is 8.24. The van der Waals surface area contributed by atoms with E-state index in [1.165, 1.54) is 15.9 Å². The molecule has 0 aromatic carbocycles. The highest BCUT2D eigenvalue weighted by molar-refractivity contribution is 6.31. The van der Waals surface area contributed by atoms with Crippen LogP contribution in [0.5, 0.6) is 0 Å². The van der Waals surface area contributed by atoms with Crippen LogP contribution in [0.2, 0.25) is 5.02 Å². The summed E-state index contributed by atoms with van der Waals surface area (Å²) in [7, 11) is 0. The van der Waals surface area contributed by atoms with Crippen LogP contribution in [0, 0.1) is 5.82 Å². The van der Waals surface area contributed by atoms with Crippen LogP contribution in [0.1, 0.15) is 12.8 Å². The minimum atomic E-state index is -0.575. The molecule has 0 radical (unpaired) electrons. The Bertz CT molecular complexity index is 953. The SMILES string of the molecule is NN(c1nc(-c2cn(N)c3ncc(Cl)cc23)ncc1F)C1CCCNC1. The van der Waals surface area contributed by atoms with Gasteiger partial charge in [0.05, 0.1) is 17.3 Å². The van der Waals surface area contributed by atoms with Crippen LogP contribution in [0.3, 0.4) is 0 Å². The normalized spacial score (nSPS) is 17.6.